The van der Waals surface area contributed by atoms with Crippen molar-refractivity contribution in [2.45, 2.75) is 12.8 Å². The van der Waals surface area contributed by atoms with Gasteiger partial charge < -0.3 is 9.88 Å². The Balaban J connectivity index is 1.78. The molecule has 3 heterocycles. The second-order valence-electron chi connectivity index (χ2n) is 6.52. The van der Waals surface area contributed by atoms with Crippen molar-refractivity contribution in [2.24, 2.45) is 7.05 Å². The Bertz CT molecular complexity index is 1100. The van der Waals surface area contributed by atoms with Crippen molar-refractivity contribution >= 4 is 22.4 Å². The Morgan fingerprint density at radius 1 is 1.04 bits per heavy atom. The summed E-state index contributed by atoms with van der Waals surface area (Å²) < 4.78 is 29.3. The first-order valence-electron chi connectivity index (χ1n) is 8.54. The molecule has 3 aromatic heterocycles. The van der Waals surface area contributed by atoms with E-state index in [1.54, 1.807) is 24.5 Å². The summed E-state index contributed by atoms with van der Waals surface area (Å²) in [5.74, 6) is -2.27. The van der Waals surface area contributed by atoms with Crippen LogP contribution in [0.1, 0.15) is 12.5 Å². The number of halogens is 2. The third kappa shape index (κ3) is 3.26. The number of pyridine rings is 2. The summed E-state index contributed by atoms with van der Waals surface area (Å²) in [4.78, 5) is 8.59. The maximum Gasteiger partial charge on any atom is 0.270 e. The van der Waals surface area contributed by atoms with Gasteiger partial charge >= 0.3 is 0 Å². The van der Waals surface area contributed by atoms with Crippen LogP contribution in [0.3, 0.4) is 0 Å². The van der Waals surface area contributed by atoms with Crippen LogP contribution in [0.2, 0.25) is 0 Å². The number of hydrogen-bond acceptors (Lipinski definition) is 3. The van der Waals surface area contributed by atoms with Crippen molar-refractivity contribution in [1.29, 1.82) is 0 Å². The molecule has 0 atom stereocenters. The molecular formula is C21H18F2N4. The number of alkyl halides is 2. The van der Waals surface area contributed by atoms with Gasteiger partial charge in [-0.1, -0.05) is 12.1 Å². The van der Waals surface area contributed by atoms with Crippen molar-refractivity contribution in [1.82, 2.24) is 14.5 Å². The molecule has 0 aliphatic heterocycles. The Hall–Kier alpha value is -3.28. The molecule has 27 heavy (non-hydrogen) atoms. The van der Waals surface area contributed by atoms with Crippen LogP contribution in [0, 0.1) is 0 Å². The predicted molar refractivity (Wildman–Crippen MR) is 103 cm³/mol. The zero-order valence-corrected chi connectivity index (χ0v) is 14.9. The van der Waals surface area contributed by atoms with Crippen molar-refractivity contribution < 1.29 is 8.78 Å². The number of aromatic nitrogens is 3. The molecule has 1 N–H and O–H groups in total. The molecule has 136 valence electrons. The fraction of sp³-hybridized carbons (Fsp3) is 0.143. The second kappa shape index (κ2) is 6.46. The smallest absolute Gasteiger partial charge is 0.270 e. The first-order chi connectivity index (χ1) is 12.9. The minimum Gasteiger partial charge on any atom is -0.343 e. The number of hydrogen-bond donors (Lipinski definition) is 1. The van der Waals surface area contributed by atoms with Crippen LogP contribution in [0.25, 0.3) is 22.2 Å². The highest BCUT2D eigenvalue weighted by atomic mass is 19.3. The van der Waals surface area contributed by atoms with Gasteiger partial charge in [-0.3, -0.25) is 4.98 Å². The summed E-state index contributed by atoms with van der Waals surface area (Å²) in [6.07, 6.45) is 5.24. The molecule has 0 bridgehead atoms. The molecule has 0 radical (unpaired) electrons. The Morgan fingerprint density at radius 2 is 1.89 bits per heavy atom. The lowest BCUT2D eigenvalue weighted by Crippen LogP contribution is -2.07. The third-order valence-electron chi connectivity index (χ3n) is 4.56. The van der Waals surface area contributed by atoms with Crippen LogP contribution in [0.4, 0.5) is 20.3 Å². The standard InChI is InChI=1S/C21H18F2N4/c1-21(22,23)15-6-3-7-16(11-15)26-20-17-12-19(14-5-4-9-24-13-14)27(2)18(17)8-10-25-20/h3-13H,1-2H3,(H,25,26). The highest BCUT2D eigenvalue weighted by Gasteiger charge is 2.24. The van der Waals surface area contributed by atoms with E-state index in [1.807, 2.05) is 37.5 Å². The number of fused-ring (bicyclic) bond motifs is 1. The Kier molecular flexibility index (Phi) is 4.11. The highest BCUT2D eigenvalue weighted by Crippen LogP contribution is 2.33. The van der Waals surface area contributed by atoms with E-state index in [1.165, 1.54) is 12.1 Å². The summed E-state index contributed by atoms with van der Waals surface area (Å²) in [5.41, 5.74) is 3.52. The van der Waals surface area contributed by atoms with E-state index >= 15 is 0 Å². The summed E-state index contributed by atoms with van der Waals surface area (Å²) in [6, 6.07) is 14.1. The van der Waals surface area contributed by atoms with Crippen LogP contribution in [-0.2, 0) is 13.0 Å². The fourth-order valence-electron chi connectivity index (χ4n) is 3.16. The lowest BCUT2D eigenvalue weighted by atomic mass is 10.1. The molecule has 4 nitrogen and oxygen atoms in total. The normalized spacial score (nSPS) is 11.7. The van der Waals surface area contributed by atoms with E-state index in [4.69, 9.17) is 0 Å². The van der Waals surface area contributed by atoms with Crippen molar-refractivity contribution in [3.05, 3.63) is 72.7 Å². The van der Waals surface area contributed by atoms with Crippen LogP contribution in [0.15, 0.2) is 67.1 Å². The average molecular weight is 364 g/mol. The number of aryl methyl sites for hydroxylation is 1. The van der Waals surface area contributed by atoms with Gasteiger partial charge in [-0.05, 0) is 36.4 Å². The van der Waals surface area contributed by atoms with Gasteiger partial charge in [-0.25, -0.2) is 13.8 Å². The Labute approximate surface area is 155 Å². The molecule has 1 aromatic carbocycles. The quantitative estimate of drug-likeness (QED) is 0.521. The minimum absolute atomic E-state index is 0.0382. The molecule has 0 unspecified atom stereocenters. The lowest BCUT2D eigenvalue weighted by molar-refractivity contribution is 0.0175. The number of nitrogens with zero attached hydrogens (tertiary/aromatic N) is 3. The van der Waals surface area contributed by atoms with Gasteiger partial charge in [0, 0.05) is 54.8 Å². The highest BCUT2D eigenvalue weighted by molar-refractivity contribution is 5.95. The van der Waals surface area contributed by atoms with Crippen molar-refractivity contribution in [3.63, 3.8) is 0 Å². The van der Waals surface area contributed by atoms with Gasteiger partial charge in [0.2, 0.25) is 0 Å². The number of nitrogens with one attached hydrogen (secondary N) is 1. The SMILES string of the molecule is Cn1c(-c2cccnc2)cc2c(Nc3cccc(C(C)(F)F)c3)nccc21. The maximum absolute atomic E-state index is 13.6. The fourth-order valence-corrected chi connectivity index (χ4v) is 3.16. The van der Waals surface area contributed by atoms with Crippen molar-refractivity contribution in [2.75, 3.05) is 5.32 Å². The van der Waals surface area contributed by atoms with Gasteiger partial charge in [-0.15, -0.1) is 0 Å². The summed E-state index contributed by atoms with van der Waals surface area (Å²) in [6.45, 7) is 0.891. The molecule has 0 saturated heterocycles. The third-order valence-corrected chi connectivity index (χ3v) is 4.56. The second-order valence-corrected chi connectivity index (χ2v) is 6.52. The van der Waals surface area contributed by atoms with Crippen LogP contribution >= 0.6 is 0 Å². The Morgan fingerprint density at radius 3 is 2.63 bits per heavy atom. The van der Waals surface area contributed by atoms with Gasteiger partial charge in [-0.2, -0.15) is 0 Å². The maximum atomic E-state index is 13.6. The molecular weight excluding hydrogens is 346 g/mol. The van der Waals surface area contributed by atoms with Gasteiger partial charge in [0.15, 0.2) is 0 Å². The van der Waals surface area contributed by atoms with E-state index in [0.717, 1.165) is 29.1 Å². The monoisotopic (exact) mass is 364 g/mol. The molecule has 0 spiro atoms. The number of rotatable bonds is 4. The first-order valence-corrected chi connectivity index (χ1v) is 8.54. The van der Waals surface area contributed by atoms with E-state index in [0.29, 0.717) is 11.5 Å². The first kappa shape index (κ1) is 17.1. The molecule has 6 heteroatoms. The van der Waals surface area contributed by atoms with Crippen LogP contribution in [-0.4, -0.2) is 14.5 Å². The van der Waals surface area contributed by atoms with Gasteiger partial charge in [0.1, 0.15) is 5.82 Å². The molecule has 0 aliphatic rings. The zero-order valence-electron chi connectivity index (χ0n) is 14.9. The average Bonchev–Trinajstić information content (AvgIpc) is 3.00. The summed E-state index contributed by atoms with van der Waals surface area (Å²) in [5, 5.41) is 4.09. The van der Waals surface area contributed by atoms with E-state index in [2.05, 4.69) is 19.9 Å². The van der Waals surface area contributed by atoms with Crippen molar-refractivity contribution in [3.8, 4) is 11.3 Å². The van der Waals surface area contributed by atoms with Gasteiger partial charge in [0.05, 0.1) is 11.2 Å². The molecule has 4 aromatic rings. The van der Waals surface area contributed by atoms with Crippen LogP contribution in [0.5, 0.6) is 0 Å². The zero-order chi connectivity index (χ0) is 19.0. The van der Waals surface area contributed by atoms with E-state index in [-0.39, 0.29) is 5.56 Å². The summed E-state index contributed by atoms with van der Waals surface area (Å²) in [7, 11) is 1.98. The topological polar surface area (TPSA) is 42.7 Å². The van der Waals surface area contributed by atoms with Gasteiger partial charge in [0.25, 0.3) is 5.92 Å². The van der Waals surface area contributed by atoms with E-state index < -0.39 is 5.92 Å². The van der Waals surface area contributed by atoms with E-state index in [9.17, 15) is 8.78 Å². The number of benzene rings is 1. The summed E-state index contributed by atoms with van der Waals surface area (Å²) >= 11 is 0. The lowest BCUT2D eigenvalue weighted by Gasteiger charge is -2.13. The van der Waals surface area contributed by atoms with Crippen LogP contribution < -0.4 is 5.32 Å². The predicted octanol–water partition coefficient (Wildman–Crippen LogP) is 5.49. The molecule has 0 saturated carbocycles. The molecule has 0 fully saturated rings. The molecule has 4 rings (SSSR count). The molecule has 0 aliphatic carbocycles. The minimum atomic E-state index is -2.89. The molecule has 0 amide bonds. The number of anilines is 2. The largest absolute Gasteiger partial charge is 0.343 e.